The van der Waals surface area contributed by atoms with Crippen molar-refractivity contribution in [3.63, 3.8) is 0 Å². The van der Waals surface area contributed by atoms with Crippen LogP contribution in [0.25, 0.3) is 0 Å². The third-order valence-electron chi connectivity index (χ3n) is 5.65. The molecule has 210 valence electrons. The summed E-state index contributed by atoms with van der Waals surface area (Å²) in [6.45, 7) is 12.4. The van der Waals surface area contributed by atoms with Gasteiger partial charge >= 0.3 is 12.2 Å². The third-order valence-corrected chi connectivity index (χ3v) is 6.66. The molecule has 1 aromatic carbocycles. The van der Waals surface area contributed by atoms with E-state index in [1.165, 1.54) is 18.3 Å². The normalized spacial score (nSPS) is 11.8. The molecule has 0 radical (unpaired) electrons. The Morgan fingerprint density at radius 2 is 1.47 bits per heavy atom. The van der Waals surface area contributed by atoms with Gasteiger partial charge in [0.25, 0.3) is 0 Å². The number of hydrogen-bond donors (Lipinski definition) is 5. The van der Waals surface area contributed by atoms with Crippen molar-refractivity contribution in [2.45, 2.75) is 85.2 Å². The van der Waals surface area contributed by atoms with E-state index in [1.807, 2.05) is 31.3 Å². The number of hydrogen-bond acceptors (Lipinski definition) is 7. The van der Waals surface area contributed by atoms with Crippen LogP contribution in [0.4, 0.5) is 20.4 Å². The van der Waals surface area contributed by atoms with Crippen molar-refractivity contribution in [2.24, 2.45) is 0 Å². The molecule has 0 spiro atoms. The van der Waals surface area contributed by atoms with Gasteiger partial charge in [-0.2, -0.15) is 0 Å². The van der Waals surface area contributed by atoms with Crippen LogP contribution in [0.2, 0.25) is 0 Å². The van der Waals surface area contributed by atoms with Crippen LogP contribution in [-0.4, -0.2) is 67.5 Å². The summed E-state index contributed by atoms with van der Waals surface area (Å²) in [5.41, 5.74) is 0.782. The number of anilines is 2. The zero-order chi connectivity index (χ0) is 28.8. The first kappa shape index (κ1) is 30.8. The van der Waals surface area contributed by atoms with Crippen LogP contribution in [0.3, 0.4) is 0 Å². The lowest BCUT2D eigenvalue weighted by atomic mass is 10.0. The molecule has 3 amide bonds. The third kappa shape index (κ3) is 8.32. The molecule has 0 aliphatic rings. The smallest absolute Gasteiger partial charge is 0.410 e. The molecule has 12 heteroatoms. The van der Waals surface area contributed by atoms with Crippen molar-refractivity contribution < 1.29 is 24.6 Å². The number of amides is 3. The standard InChI is InChI=1S/C26H40N6O5S/c1-16(33)28-21-30-19(20(38-21)15-27-8)14-11-17-9-12-18(13-10-17)29-22(31(23(34)35)25(2,3)4)32(24(36)37)26(5,6)7/h9-10,12-13,22,27,29H,11,14-15H2,1-8H3,(H,34,35)(H,36,37)(H,28,30,33). The Labute approximate surface area is 228 Å². The zero-order valence-corrected chi connectivity index (χ0v) is 24.2. The summed E-state index contributed by atoms with van der Waals surface area (Å²) >= 11 is 1.45. The summed E-state index contributed by atoms with van der Waals surface area (Å²) < 4.78 is 0. The number of aromatic nitrogens is 1. The average Bonchev–Trinajstić information content (AvgIpc) is 3.11. The van der Waals surface area contributed by atoms with Crippen molar-refractivity contribution in [1.82, 2.24) is 20.1 Å². The minimum Gasteiger partial charge on any atom is -0.465 e. The van der Waals surface area contributed by atoms with Crippen molar-refractivity contribution in [1.29, 1.82) is 0 Å². The summed E-state index contributed by atoms with van der Waals surface area (Å²) in [5, 5.41) is 29.6. The molecular formula is C26H40N6O5S. The van der Waals surface area contributed by atoms with E-state index in [0.29, 0.717) is 30.2 Å². The van der Waals surface area contributed by atoms with Gasteiger partial charge in [0.15, 0.2) is 11.4 Å². The highest BCUT2D eigenvalue weighted by atomic mass is 32.1. The van der Waals surface area contributed by atoms with Crippen LogP contribution >= 0.6 is 11.3 Å². The quantitative estimate of drug-likeness (QED) is 0.265. The van der Waals surface area contributed by atoms with E-state index < -0.39 is 29.6 Å². The van der Waals surface area contributed by atoms with Crippen molar-refractivity contribution in [3.8, 4) is 0 Å². The van der Waals surface area contributed by atoms with E-state index in [1.54, 1.807) is 41.5 Å². The summed E-state index contributed by atoms with van der Waals surface area (Å²) in [6.07, 6.45) is -2.25. The van der Waals surface area contributed by atoms with Crippen LogP contribution < -0.4 is 16.0 Å². The number of aryl methyl sites for hydroxylation is 2. The predicted molar refractivity (Wildman–Crippen MR) is 150 cm³/mol. The van der Waals surface area contributed by atoms with Crippen molar-refractivity contribution in [3.05, 3.63) is 40.4 Å². The molecule has 5 N–H and O–H groups in total. The van der Waals surface area contributed by atoms with Gasteiger partial charge < -0.3 is 26.2 Å². The molecule has 0 aliphatic heterocycles. The van der Waals surface area contributed by atoms with E-state index in [9.17, 15) is 24.6 Å². The SMILES string of the molecule is CNCc1sc(NC(C)=O)nc1CCc1ccc(NC(N(C(=O)O)C(C)(C)C)N(C(=O)O)C(C)(C)C)cc1. The molecule has 11 nitrogen and oxygen atoms in total. The number of benzene rings is 1. The fraction of sp³-hybridized carbons (Fsp3) is 0.538. The second kappa shape index (κ2) is 12.4. The summed E-state index contributed by atoms with van der Waals surface area (Å²) in [5.74, 6) is -0.163. The zero-order valence-electron chi connectivity index (χ0n) is 23.4. The lowest BCUT2D eigenvalue weighted by Crippen LogP contribution is -2.66. The largest absolute Gasteiger partial charge is 0.465 e. The predicted octanol–water partition coefficient (Wildman–Crippen LogP) is 4.86. The van der Waals surface area contributed by atoms with Gasteiger partial charge in [-0.3, -0.25) is 14.6 Å². The lowest BCUT2D eigenvalue weighted by molar-refractivity contribution is -0.114. The summed E-state index contributed by atoms with van der Waals surface area (Å²) in [4.78, 5) is 43.8. The number of rotatable bonds is 10. The molecule has 2 rings (SSSR count). The molecule has 1 aromatic heterocycles. The van der Waals surface area contributed by atoms with Crippen molar-refractivity contribution >= 4 is 40.2 Å². The van der Waals surface area contributed by atoms with Gasteiger partial charge in [0.05, 0.1) is 5.69 Å². The molecule has 0 saturated carbocycles. The topological polar surface area (TPSA) is 147 Å². The first-order valence-electron chi connectivity index (χ1n) is 12.4. The molecule has 0 fully saturated rings. The first-order chi connectivity index (χ1) is 17.5. The maximum Gasteiger partial charge on any atom is 0.410 e. The van der Waals surface area contributed by atoms with Crippen molar-refractivity contribution in [2.75, 3.05) is 17.7 Å². The lowest BCUT2D eigenvalue weighted by Gasteiger charge is -2.48. The number of carboxylic acid groups (broad SMARTS) is 2. The minimum atomic E-state index is -1.23. The fourth-order valence-corrected chi connectivity index (χ4v) is 5.09. The van der Waals surface area contributed by atoms with Crippen LogP contribution in [0, 0.1) is 0 Å². The fourth-order valence-electron chi connectivity index (χ4n) is 4.02. The average molecular weight is 549 g/mol. The van der Waals surface area contributed by atoms with E-state index in [-0.39, 0.29) is 5.91 Å². The second-order valence-corrected chi connectivity index (χ2v) is 12.0. The van der Waals surface area contributed by atoms with Gasteiger partial charge in [-0.15, -0.1) is 11.3 Å². The minimum absolute atomic E-state index is 0.163. The van der Waals surface area contributed by atoms with Crippen LogP contribution in [0.15, 0.2) is 24.3 Å². The van der Waals surface area contributed by atoms with Gasteiger partial charge in [-0.05, 0) is 79.1 Å². The van der Waals surface area contributed by atoms with E-state index in [0.717, 1.165) is 25.9 Å². The molecule has 2 aromatic rings. The molecule has 38 heavy (non-hydrogen) atoms. The second-order valence-electron chi connectivity index (χ2n) is 11.0. The number of nitrogens with one attached hydrogen (secondary N) is 3. The number of nitrogens with zero attached hydrogens (tertiary/aromatic N) is 3. The Morgan fingerprint density at radius 1 is 0.947 bits per heavy atom. The molecule has 0 saturated heterocycles. The number of thiazole rings is 1. The molecular weight excluding hydrogens is 508 g/mol. The Balaban J connectivity index is 2.28. The Hall–Kier alpha value is -3.38. The van der Waals surface area contributed by atoms with E-state index in [4.69, 9.17) is 0 Å². The van der Waals surface area contributed by atoms with Gasteiger partial charge in [-0.25, -0.2) is 14.6 Å². The van der Waals surface area contributed by atoms with Gasteiger partial charge in [-0.1, -0.05) is 12.1 Å². The van der Waals surface area contributed by atoms with Crippen LogP contribution in [0.1, 0.15) is 64.6 Å². The highest BCUT2D eigenvalue weighted by Gasteiger charge is 2.43. The number of carbonyl (C=O) groups excluding carboxylic acids is 1. The molecule has 0 atom stereocenters. The summed E-state index contributed by atoms with van der Waals surface area (Å²) in [7, 11) is 1.86. The van der Waals surface area contributed by atoms with Crippen LogP contribution in [-0.2, 0) is 24.2 Å². The Bertz CT molecular complexity index is 1090. The Morgan fingerprint density at radius 3 is 1.89 bits per heavy atom. The molecule has 0 aliphatic carbocycles. The van der Waals surface area contributed by atoms with Crippen LogP contribution in [0.5, 0.6) is 0 Å². The molecule has 1 heterocycles. The Kier molecular flexibility index (Phi) is 10.1. The summed E-state index contributed by atoms with van der Waals surface area (Å²) in [6, 6.07) is 7.46. The number of carbonyl (C=O) groups is 3. The van der Waals surface area contributed by atoms with E-state index >= 15 is 0 Å². The van der Waals surface area contributed by atoms with Gasteiger partial charge in [0, 0.05) is 35.1 Å². The highest BCUT2D eigenvalue weighted by Crippen LogP contribution is 2.28. The van der Waals surface area contributed by atoms with Gasteiger partial charge in [0.1, 0.15) is 0 Å². The molecule has 0 bridgehead atoms. The van der Waals surface area contributed by atoms with Gasteiger partial charge in [0.2, 0.25) is 5.91 Å². The first-order valence-corrected chi connectivity index (χ1v) is 13.2. The monoisotopic (exact) mass is 548 g/mol. The van der Waals surface area contributed by atoms with E-state index in [2.05, 4.69) is 20.9 Å². The maximum atomic E-state index is 12.3. The molecule has 0 unspecified atom stereocenters. The highest BCUT2D eigenvalue weighted by molar-refractivity contribution is 7.15. The maximum absolute atomic E-state index is 12.3.